The molecule has 6 heterocycles. The predicted molar refractivity (Wildman–Crippen MR) is 188 cm³/mol. The van der Waals surface area contributed by atoms with Crippen LogP contribution in [0.1, 0.15) is 50.8 Å². The lowest BCUT2D eigenvalue weighted by atomic mass is 9.96. The van der Waals surface area contributed by atoms with Gasteiger partial charge < -0.3 is 15.7 Å². The number of nitrogens with one attached hydrogen (secondary N) is 2. The van der Waals surface area contributed by atoms with Crippen LogP contribution in [-0.2, 0) is 24.3 Å². The number of aliphatic carboxylic acids is 1. The third kappa shape index (κ3) is 5.53. The van der Waals surface area contributed by atoms with Gasteiger partial charge in [-0.15, -0.1) is 11.3 Å². The molecule has 1 saturated heterocycles. The van der Waals surface area contributed by atoms with E-state index in [1.165, 1.54) is 11.3 Å². The number of rotatable bonds is 7. The van der Waals surface area contributed by atoms with E-state index in [1.54, 1.807) is 10.8 Å². The van der Waals surface area contributed by atoms with Gasteiger partial charge in [-0.25, -0.2) is 9.97 Å². The summed E-state index contributed by atoms with van der Waals surface area (Å²) >= 11 is 1.48. The fourth-order valence-electron chi connectivity index (χ4n) is 7.07. The first-order valence-corrected chi connectivity index (χ1v) is 17.2. The Morgan fingerprint density at radius 1 is 1.08 bits per heavy atom. The van der Waals surface area contributed by atoms with Gasteiger partial charge in [0.2, 0.25) is 0 Å². The van der Waals surface area contributed by atoms with Crippen molar-refractivity contribution in [2.24, 2.45) is 0 Å². The van der Waals surface area contributed by atoms with Crippen LogP contribution in [0.15, 0.2) is 73.2 Å². The number of carboxylic acid groups (broad SMARTS) is 1. The molecule has 0 bridgehead atoms. The van der Waals surface area contributed by atoms with Crippen molar-refractivity contribution in [1.82, 2.24) is 29.7 Å². The molecule has 6 aromatic rings. The quantitative estimate of drug-likeness (QED) is 0.176. The van der Waals surface area contributed by atoms with Crippen molar-refractivity contribution in [2.45, 2.75) is 51.7 Å². The lowest BCUT2D eigenvalue weighted by Crippen LogP contribution is -2.44. The van der Waals surface area contributed by atoms with Crippen molar-refractivity contribution < 1.29 is 14.7 Å². The van der Waals surface area contributed by atoms with E-state index in [0.29, 0.717) is 23.8 Å². The standard InChI is InChI=1S/C37H35N7O3S/c1-22-25(26-7-5-10-30-27(26)13-17-44(30)36(45)35-42-29-12-14-38-20-32(29)48-35)6-4-8-28(22)41-34-33-24(11-15-39-34)18-23(19-40-33)21-43-16-3-2-9-31(43)37(46)47/h4-8,10-11,13,15,17-19,31,38H,2-3,9,12,14,16,20-21H2,1H3,(H,39,41)(H,46,47)/t31-/m0/s1. The van der Waals surface area contributed by atoms with Gasteiger partial charge in [0, 0.05) is 66.0 Å². The van der Waals surface area contributed by atoms with Gasteiger partial charge in [-0.05, 0) is 78.9 Å². The van der Waals surface area contributed by atoms with Crippen LogP contribution in [0.25, 0.3) is 32.9 Å². The number of carbonyl (C=O) groups is 2. The Labute approximate surface area is 281 Å². The zero-order valence-corrected chi connectivity index (χ0v) is 27.4. The average Bonchev–Trinajstić information content (AvgIpc) is 3.74. The van der Waals surface area contributed by atoms with E-state index in [2.05, 4.69) is 45.7 Å². The molecule has 1 atom stereocenters. The lowest BCUT2D eigenvalue weighted by molar-refractivity contribution is -0.144. The monoisotopic (exact) mass is 657 g/mol. The van der Waals surface area contributed by atoms with E-state index < -0.39 is 12.0 Å². The van der Waals surface area contributed by atoms with Crippen LogP contribution in [0, 0.1) is 6.92 Å². The number of likely N-dealkylation sites (tertiary alicyclic amines) is 1. The fourth-order valence-corrected chi connectivity index (χ4v) is 8.08. The molecule has 8 rings (SSSR count). The maximum Gasteiger partial charge on any atom is 0.320 e. The first-order valence-electron chi connectivity index (χ1n) is 16.4. The number of aromatic nitrogens is 4. The number of nitrogens with zero attached hydrogens (tertiary/aromatic N) is 5. The Kier molecular flexibility index (Phi) is 7.95. The van der Waals surface area contributed by atoms with Gasteiger partial charge >= 0.3 is 5.97 Å². The van der Waals surface area contributed by atoms with Crippen LogP contribution in [0.3, 0.4) is 0 Å². The second kappa shape index (κ2) is 12.6. The van der Waals surface area contributed by atoms with E-state index in [9.17, 15) is 14.7 Å². The molecule has 4 aromatic heterocycles. The second-order valence-corrected chi connectivity index (χ2v) is 13.6. The Bertz CT molecular complexity index is 2180. The third-order valence-electron chi connectivity index (χ3n) is 9.55. The number of carboxylic acids is 1. The number of piperidine rings is 1. The molecular weight excluding hydrogens is 623 g/mol. The summed E-state index contributed by atoms with van der Waals surface area (Å²) < 4.78 is 1.71. The average molecular weight is 658 g/mol. The van der Waals surface area contributed by atoms with Gasteiger partial charge in [0.25, 0.3) is 5.91 Å². The van der Waals surface area contributed by atoms with Crippen molar-refractivity contribution in [3.8, 4) is 11.1 Å². The van der Waals surface area contributed by atoms with Gasteiger partial charge in [0.05, 0.1) is 11.2 Å². The van der Waals surface area contributed by atoms with E-state index >= 15 is 0 Å². The summed E-state index contributed by atoms with van der Waals surface area (Å²) in [4.78, 5) is 42.7. The Morgan fingerprint density at radius 2 is 1.96 bits per heavy atom. The summed E-state index contributed by atoms with van der Waals surface area (Å²) in [6.07, 6.45) is 8.92. The van der Waals surface area contributed by atoms with Crippen molar-refractivity contribution in [2.75, 3.05) is 18.4 Å². The lowest BCUT2D eigenvalue weighted by Gasteiger charge is -2.32. The zero-order valence-electron chi connectivity index (χ0n) is 26.6. The van der Waals surface area contributed by atoms with Crippen molar-refractivity contribution in [3.05, 3.63) is 99.9 Å². The van der Waals surface area contributed by atoms with E-state index in [4.69, 9.17) is 4.98 Å². The summed E-state index contributed by atoms with van der Waals surface area (Å²) in [5.74, 6) is -0.216. The molecule has 10 nitrogen and oxygen atoms in total. The number of hydrogen-bond donors (Lipinski definition) is 3. The summed E-state index contributed by atoms with van der Waals surface area (Å²) in [5, 5.41) is 19.0. The van der Waals surface area contributed by atoms with Crippen molar-refractivity contribution in [3.63, 3.8) is 0 Å². The minimum atomic E-state index is -0.759. The third-order valence-corrected chi connectivity index (χ3v) is 10.6. The molecule has 2 aliphatic rings. The van der Waals surface area contributed by atoms with Crippen LogP contribution in [0.2, 0.25) is 0 Å². The topological polar surface area (TPSA) is 125 Å². The molecule has 48 heavy (non-hydrogen) atoms. The van der Waals surface area contributed by atoms with E-state index in [0.717, 1.165) is 99.2 Å². The molecule has 11 heteroatoms. The highest BCUT2D eigenvalue weighted by Crippen LogP contribution is 2.36. The first-order chi connectivity index (χ1) is 23.4. The Morgan fingerprint density at radius 3 is 2.83 bits per heavy atom. The van der Waals surface area contributed by atoms with E-state index in [1.807, 2.05) is 53.7 Å². The molecule has 0 unspecified atom stereocenters. The summed E-state index contributed by atoms with van der Waals surface area (Å²) in [6.45, 7) is 5.06. The Balaban J connectivity index is 1.08. The number of hydrogen-bond acceptors (Lipinski definition) is 9. The zero-order chi connectivity index (χ0) is 32.8. The minimum Gasteiger partial charge on any atom is -0.480 e. The summed E-state index contributed by atoms with van der Waals surface area (Å²) in [5.41, 5.74) is 7.64. The summed E-state index contributed by atoms with van der Waals surface area (Å²) in [6, 6.07) is 17.8. The van der Waals surface area contributed by atoms with Crippen LogP contribution < -0.4 is 10.6 Å². The normalized spacial score (nSPS) is 16.6. The minimum absolute atomic E-state index is 0.107. The van der Waals surface area contributed by atoms with Crippen molar-refractivity contribution in [1.29, 1.82) is 0 Å². The molecule has 0 radical (unpaired) electrons. The molecule has 0 spiro atoms. The van der Waals surface area contributed by atoms with Crippen LogP contribution >= 0.6 is 11.3 Å². The maximum atomic E-state index is 13.6. The second-order valence-electron chi connectivity index (χ2n) is 12.5. The number of pyridine rings is 2. The molecule has 1 fully saturated rings. The van der Waals surface area contributed by atoms with Gasteiger partial charge in [-0.2, -0.15) is 0 Å². The van der Waals surface area contributed by atoms with Gasteiger partial charge in [0.1, 0.15) is 11.6 Å². The highest BCUT2D eigenvalue weighted by atomic mass is 32.1. The number of carbonyl (C=O) groups excluding carboxylic acids is 1. The van der Waals surface area contributed by atoms with Gasteiger partial charge in [-0.3, -0.25) is 24.0 Å². The van der Waals surface area contributed by atoms with Crippen LogP contribution in [0.4, 0.5) is 11.5 Å². The Hall–Kier alpha value is -4.97. The van der Waals surface area contributed by atoms with E-state index in [-0.39, 0.29) is 5.91 Å². The number of thiazole rings is 1. The van der Waals surface area contributed by atoms with Crippen LogP contribution in [-0.4, -0.2) is 60.5 Å². The molecule has 0 aliphatic carbocycles. The highest BCUT2D eigenvalue weighted by Gasteiger charge is 2.28. The molecule has 3 N–H and O–H groups in total. The van der Waals surface area contributed by atoms with Gasteiger partial charge in [0.15, 0.2) is 10.8 Å². The number of fused-ring (bicyclic) bond motifs is 3. The fraction of sp³-hybridized carbons (Fsp3) is 0.270. The summed E-state index contributed by atoms with van der Waals surface area (Å²) in [7, 11) is 0. The highest BCUT2D eigenvalue weighted by molar-refractivity contribution is 7.13. The number of benzene rings is 2. The number of anilines is 2. The maximum absolute atomic E-state index is 13.6. The smallest absolute Gasteiger partial charge is 0.320 e. The molecule has 0 amide bonds. The molecule has 2 aromatic carbocycles. The molecule has 242 valence electrons. The predicted octanol–water partition coefficient (Wildman–Crippen LogP) is 6.53. The van der Waals surface area contributed by atoms with Crippen molar-refractivity contribution >= 4 is 56.5 Å². The SMILES string of the molecule is Cc1c(Nc2nccc3cc(CN4CCCC[C@H]4C(=O)O)cnc23)cccc1-c1cccc2c1ccn2C(=O)c1nc2c(s1)CNCC2. The van der Waals surface area contributed by atoms with Crippen LogP contribution in [0.5, 0.6) is 0 Å². The first kappa shape index (κ1) is 30.4. The molecular formula is C37H35N7O3S. The van der Waals surface area contributed by atoms with Gasteiger partial charge in [-0.1, -0.05) is 30.7 Å². The molecule has 2 aliphatic heterocycles. The largest absolute Gasteiger partial charge is 0.480 e. The molecule has 0 saturated carbocycles.